The Labute approximate surface area is 102 Å². The first-order valence-electron chi connectivity index (χ1n) is 6.88. The summed E-state index contributed by atoms with van der Waals surface area (Å²) in [6.45, 7) is 1.86. The third-order valence-electron chi connectivity index (χ3n) is 3.01. The molecule has 2 rings (SSSR count). The van der Waals surface area contributed by atoms with Gasteiger partial charge in [0.15, 0.2) is 5.69 Å². The van der Waals surface area contributed by atoms with Crippen LogP contribution in [0.4, 0.5) is 0 Å². The third-order valence-corrected chi connectivity index (χ3v) is 3.01. The smallest absolute Gasteiger partial charge is 0.199 e. The SMILES string of the molecule is [2H]C([2H])([2H])c1cccc(C)c1-c1cccc(C)[n+]1C. The Balaban J connectivity index is 2.79. The van der Waals surface area contributed by atoms with Gasteiger partial charge in [0.05, 0.1) is 5.56 Å². The van der Waals surface area contributed by atoms with Crippen molar-refractivity contribution in [2.45, 2.75) is 20.7 Å². The van der Waals surface area contributed by atoms with Gasteiger partial charge in [-0.25, -0.2) is 0 Å². The molecule has 1 aromatic heterocycles. The van der Waals surface area contributed by atoms with Crippen LogP contribution in [0.5, 0.6) is 0 Å². The Hall–Kier alpha value is -1.63. The Morgan fingerprint density at radius 1 is 1.00 bits per heavy atom. The predicted molar refractivity (Wildman–Crippen MR) is 67.3 cm³/mol. The summed E-state index contributed by atoms with van der Waals surface area (Å²) < 4.78 is 25.1. The number of nitrogens with zero attached hydrogens (tertiary/aromatic N) is 1. The molecule has 0 amide bonds. The van der Waals surface area contributed by atoms with Crippen molar-refractivity contribution in [3.05, 3.63) is 53.2 Å². The lowest BCUT2D eigenvalue weighted by Crippen LogP contribution is -2.34. The average molecular weight is 215 g/mol. The highest BCUT2D eigenvalue weighted by molar-refractivity contribution is 5.65. The molecule has 0 spiro atoms. The van der Waals surface area contributed by atoms with Crippen LogP contribution in [0.15, 0.2) is 36.4 Å². The van der Waals surface area contributed by atoms with Gasteiger partial charge in [-0.3, -0.25) is 0 Å². The van der Waals surface area contributed by atoms with Crippen molar-refractivity contribution in [1.29, 1.82) is 0 Å². The topological polar surface area (TPSA) is 3.88 Å². The Kier molecular flexibility index (Phi) is 1.95. The van der Waals surface area contributed by atoms with E-state index in [2.05, 4.69) is 0 Å². The molecule has 1 aromatic carbocycles. The number of benzene rings is 1. The molecule has 1 heterocycles. The lowest BCUT2D eigenvalue weighted by molar-refractivity contribution is -0.666. The van der Waals surface area contributed by atoms with Crippen LogP contribution in [0.2, 0.25) is 0 Å². The minimum Gasteiger partial charge on any atom is -0.199 e. The first-order chi connectivity index (χ1) is 8.82. The summed E-state index contributed by atoms with van der Waals surface area (Å²) in [6, 6.07) is 11.4. The molecule has 82 valence electrons. The predicted octanol–water partition coefficient (Wildman–Crippen LogP) is 3.10. The van der Waals surface area contributed by atoms with Gasteiger partial charge in [0, 0.05) is 23.2 Å². The lowest BCUT2D eigenvalue weighted by atomic mass is 9.99. The minimum absolute atomic E-state index is 0.411. The highest BCUT2D eigenvalue weighted by Crippen LogP contribution is 2.24. The van der Waals surface area contributed by atoms with Gasteiger partial charge < -0.3 is 0 Å². The number of rotatable bonds is 1. The summed E-state index contributed by atoms with van der Waals surface area (Å²) in [5.41, 5.74) is 4.23. The molecule has 0 radical (unpaired) electrons. The fourth-order valence-electron chi connectivity index (χ4n) is 1.95. The normalized spacial score (nSPS) is 14.1. The molecule has 0 aliphatic heterocycles. The van der Waals surface area contributed by atoms with E-state index >= 15 is 0 Å². The number of aryl methyl sites for hydroxylation is 3. The highest BCUT2D eigenvalue weighted by Gasteiger charge is 2.15. The zero-order chi connectivity index (χ0) is 14.2. The van der Waals surface area contributed by atoms with E-state index in [-0.39, 0.29) is 0 Å². The molecule has 0 aliphatic carbocycles. The summed E-state index contributed by atoms with van der Waals surface area (Å²) in [6.07, 6.45) is 0. The molecule has 0 saturated heterocycles. The van der Waals surface area contributed by atoms with Crippen LogP contribution in [0.1, 0.15) is 20.9 Å². The van der Waals surface area contributed by atoms with Crippen LogP contribution in [0.3, 0.4) is 0 Å². The Morgan fingerprint density at radius 3 is 2.44 bits per heavy atom. The molecule has 1 nitrogen and oxygen atoms in total. The molecular weight excluding hydrogens is 194 g/mol. The second kappa shape index (κ2) is 4.09. The standard InChI is InChI=1S/C15H18N/c1-11-7-5-8-12(2)15(11)14-10-6-9-13(3)16(14)4/h5-10H,1-4H3/q+1/i1D3. The molecule has 16 heavy (non-hydrogen) atoms. The molecule has 0 bridgehead atoms. The fourth-order valence-corrected chi connectivity index (χ4v) is 1.95. The summed E-state index contributed by atoms with van der Waals surface area (Å²) in [5, 5.41) is 0. The molecule has 1 heteroatoms. The van der Waals surface area contributed by atoms with Crippen molar-refractivity contribution in [1.82, 2.24) is 0 Å². The van der Waals surface area contributed by atoms with Gasteiger partial charge in [0.2, 0.25) is 5.69 Å². The number of hydrogen-bond donors (Lipinski definition) is 0. The second-order valence-electron chi connectivity index (χ2n) is 4.11. The number of aromatic nitrogens is 1. The quantitative estimate of drug-likeness (QED) is 0.644. The summed E-state index contributed by atoms with van der Waals surface area (Å²) in [7, 11) is 1.96. The summed E-state index contributed by atoms with van der Waals surface area (Å²) in [5.74, 6) is 0. The minimum atomic E-state index is -2.10. The molecule has 0 N–H and O–H groups in total. The molecule has 0 atom stereocenters. The zero-order valence-electron chi connectivity index (χ0n) is 12.9. The van der Waals surface area contributed by atoms with E-state index < -0.39 is 6.85 Å². The van der Waals surface area contributed by atoms with E-state index in [1.807, 2.05) is 49.7 Å². The maximum atomic E-state index is 7.71. The maximum Gasteiger partial charge on any atom is 0.212 e. The first-order valence-corrected chi connectivity index (χ1v) is 5.38. The van der Waals surface area contributed by atoms with E-state index in [1.54, 1.807) is 12.1 Å². The van der Waals surface area contributed by atoms with Crippen molar-refractivity contribution in [3.8, 4) is 11.3 Å². The van der Waals surface area contributed by atoms with Crippen LogP contribution in [-0.4, -0.2) is 0 Å². The molecular formula is C15H18N+. The van der Waals surface area contributed by atoms with Crippen LogP contribution in [-0.2, 0) is 7.05 Å². The molecule has 0 saturated carbocycles. The van der Waals surface area contributed by atoms with Gasteiger partial charge in [-0.15, -0.1) is 0 Å². The Bertz CT molecular complexity index is 615. The molecule has 2 aromatic rings. The van der Waals surface area contributed by atoms with Crippen molar-refractivity contribution in [2.75, 3.05) is 0 Å². The second-order valence-corrected chi connectivity index (χ2v) is 4.11. The van der Waals surface area contributed by atoms with Crippen molar-refractivity contribution in [2.24, 2.45) is 7.05 Å². The van der Waals surface area contributed by atoms with Crippen LogP contribution in [0, 0.1) is 20.7 Å². The zero-order valence-corrected chi connectivity index (χ0v) is 9.91. The van der Waals surface area contributed by atoms with E-state index in [9.17, 15) is 0 Å². The van der Waals surface area contributed by atoms with Crippen molar-refractivity contribution >= 4 is 0 Å². The van der Waals surface area contributed by atoms with Gasteiger partial charge in [-0.1, -0.05) is 18.2 Å². The fraction of sp³-hybridized carbons (Fsp3) is 0.267. The van der Waals surface area contributed by atoms with E-state index in [0.717, 1.165) is 22.5 Å². The van der Waals surface area contributed by atoms with Crippen molar-refractivity contribution < 1.29 is 8.68 Å². The lowest BCUT2D eigenvalue weighted by Gasteiger charge is -2.08. The number of hydrogen-bond acceptors (Lipinski definition) is 0. The van der Waals surface area contributed by atoms with E-state index in [1.165, 1.54) is 0 Å². The molecule has 0 aliphatic rings. The van der Waals surface area contributed by atoms with Gasteiger partial charge in [0.25, 0.3) is 0 Å². The van der Waals surface area contributed by atoms with Crippen LogP contribution >= 0.6 is 0 Å². The van der Waals surface area contributed by atoms with Gasteiger partial charge in [-0.2, -0.15) is 4.57 Å². The maximum absolute atomic E-state index is 7.71. The summed E-state index contributed by atoms with van der Waals surface area (Å²) >= 11 is 0. The largest absolute Gasteiger partial charge is 0.212 e. The molecule has 0 fully saturated rings. The summed E-state index contributed by atoms with van der Waals surface area (Å²) in [4.78, 5) is 0. The van der Waals surface area contributed by atoms with E-state index in [4.69, 9.17) is 4.11 Å². The molecule has 0 unspecified atom stereocenters. The average Bonchev–Trinajstić information content (AvgIpc) is 2.32. The highest BCUT2D eigenvalue weighted by atomic mass is 14.9. The van der Waals surface area contributed by atoms with Gasteiger partial charge >= 0.3 is 0 Å². The first kappa shape index (κ1) is 7.61. The number of pyridine rings is 1. The monoisotopic (exact) mass is 215 g/mol. The van der Waals surface area contributed by atoms with Gasteiger partial charge in [0.1, 0.15) is 7.05 Å². The van der Waals surface area contributed by atoms with Crippen molar-refractivity contribution in [3.63, 3.8) is 0 Å². The van der Waals surface area contributed by atoms with Crippen LogP contribution < -0.4 is 4.57 Å². The van der Waals surface area contributed by atoms with Crippen LogP contribution in [0.25, 0.3) is 11.3 Å². The third kappa shape index (κ3) is 1.73. The van der Waals surface area contributed by atoms with E-state index in [0.29, 0.717) is 5.56 Å². The Morgan fingerprint density at radius 2 is 1.69 bits per heavy atom. The van der Waals surface area contributed by atoms with Gasteiger partial charge in [-0.05, 0) is 31.0 Å².